The standard InChI is InChI=1S/C3H8.C3H6.C2H4.C2H2/c2*1-3-2;2*1-2/h3H2,1-2H3;3H,1H2,2H3;1-2H2;1-2H. The Morgan fingerprint density at radius 1 is 1.20 bits per heavy atom. The van der Waals surface area contributed by atoms with Gasteiger partial charge in [-0.2, -0.15) is 0 Å². The lowest BCUT2D eigenvalue weighted by Gasteiger charge is -1.48. The molecular weight excluding hydrogens is 120 g/mol. The maximum absolute atomic E-state index is 4.00. The van der Waals surface area contributed by atoms with Crippen molar-refractivity contribution in [2.24, 2.45) is 0 Å². The van der Waals surface area contributed by atoms with Crippen LogP contribution in [0, 0.1) is 12.8 Å². The lowest BCUT2D eigenvalue weighted by molar-refractivity contribution is 1.09. The van der Waals surface area contributed by atoms with Gasteiger partial charge in [0.2, 0.25) is 0 Å². The zero-order valence-electron chi connectivity index (χ0n) is 7.56. The smallest absolute Gasteiger partial charge is 0.0473 e. The zero-order valence-corrected chi connectivity index (χ0v) is 7.56. The van der Waals surface area contributed by atoms with E-state index in [2.05, 4.69) is 46.4 Å². The summed E-state index contributed by atoms with van der Waals surface area (Å²) in [5, 5.41) is 0. The topological polar surface area (TPSA) is 0 Å². The van der Waals surface area contributed by atoms with Crippen molar-refractivity contribution >= 4 is 0 Å². The van der Waals surface area contributed by atoms with E-state index in [1.807, 2.05) is 6.92 Å². The van der Waals surface area contributed by atoms with E-state index in [0.29, 0.717) is 0 Å². The van der Waals surface area contributed by atoms with Gasteiger partial charge in [0.05, 0.1) is 0 Å². The molecule has 0 saturated carbocycles. The number of hydrogen-bond donors (Lipinski definition) is 0. The lowest BCUT2D eigenvalue weighted by Crippen LogP contribution is -1.27. The molecule has 0 nitrogen and oxygen atoms in total. The summed E-state index contributed by atoms with van der Waals surface area (Å²) >= 11 is 0. The summed E-state index contributed by atoms with van der Waals surface area (Å²) in [6.45, 7) is 15.5. The molecule has 0 aromatic heterocycles. The summed E-state index contributed by atoms with van der Waals surface area (Å²) in [4.78, 5) is 0. The Morgan fingerprint density at radius 3 is 1.20 bits per heavy atom. The van der Waals surface area contributed by atoms with Crippen LogP contribution in [0.3, 0.4) is 0 Å². The van der Waals surface area contributed by atoms with E-state index in [-0.39, 0.29) is 0 Å². The number of rotatable bonds is 0. The second kappa shape index (κ2) is 368. The Bertz CT molecular complexity index is 41.2. The molecule has 0 saturated heterocycles. The minimum Gasteiger partial charge on any atom is -0.124 e. The van der Waals surface area contributed by atoms with E-state index < -0.39 is 0 Å². The van der Waals surface area contributed by atoms with Gasteiger partial charge in [-0.1, -0.05) is 26.3 Å². The van der Waals surface area contributed by atoms with E-state index >= 15 is 0 Å². The minimum absolute atomic E-state index is 1.25. The summed E-state index contributed by atoms with van der Waals surface area (Å²) in [6.07, 6.45) is 11.0. The Hall–Kier alpha value is -0.960. The predicted molar refractivity (Wildman–Crippen MR) is 53.0 cm³/mol. The van der Waals surface area contributed by atoms with Crippen molar-refractivity contribution in [3.63, 3.8) is 0 Å². The van der Waals surface area contributed by atoms with Crippen LogP contribution >= 0.6 is 0 Å². The molecule has 0 aromatic rings. The Labute approximate surface area is 66.7 Å². The normalized spacial score (nSPS) is 3.70. The largest absolute Gasteiger partial charge is 0.124 e. The first kappa shape index (κ1) is 23.0. The highest BCUT2D eigenvalue weighted by molar-refractivity contribution is 4.51. The Morgan fingerprint density at radius 2 is 1.20 bits per heavy atom. The van der Waals surface area contributed by atoms with Crippen LogP contribution in [0.2, 0.25) is 0 Å². The molecule has 0 aliphatic heterocycles. The van der Waals surface area contributed by atoms with Crippen LogP contribution in [-0.4, -0.2) is 0 Å². The SMILES string of the molecule is C#C.C=C.C=CC.CCC. The second-order valence-corrected chi connectivity index (χ2v) is 1.12. The molecule has 10 heavy (non-hydrogen) atoms. The van der Waals surface area contributed by atoms with Gasteiger partial charge in [-0.15, -0.1) is 32.6 Å². The minimum atomic E-state index is 1.25. The van der Waals surface area contributed by atoms with Crippen LogP contribution in [0.15, 0.2) is 25.8 Å². The van der Waals surface area contributed by atoms with E-state index in [1.54, 1.807) is 6.08 Å². The molecule has 0 heteroatoms. The van der Waals surface area contributed by atoms with E-state index in [4.69, 9.17) is 0 Å². The summed E-state index contributed by atoms with van der Waals surface area (Å²) in [7, 11) is 0. The van der Waals surface area contributed by atoms with E-state index in [1.165, 1.54) is 6.42 Å². The van der Waals surface area contributed by atoms with Crippen molar-refractivity contribution in [2.75, 3.05) is 0 Å². The second-order valence-electron chi connectivity index (χ2n) is 1.12. The molecule has 0 aliphatic carbocycles. The fourth-order valence-electron chi connectivity index (χ4n) is 0. The van der Waals surface area contributed by atoms with Crippen molar-refractivity contribution in [3.8, 4) is 12.8 Å². The number of allylic oxidation sites excluding steroid dienone is 1. The molecule has 0 unspecified atom stereocenters. The molecule has 0 aromatic carbocycles. The van der Waals surface area contributed by atoms with Gasteiger partial charge in [-0.05, 0) is 6.92 Å². The molecular formula is C10H20. The Kier molecular flexibility index (Phi) is 848. The van der Waals surface area contributed by atoms with Crippen LogP contribution < -0.4 is 0 Å². The first-order valence-corrected chi connectivity index (χ1v) is 3.23. The molecule has 0 radical (unpaired) electrons. The fraction of sp³-hybridized carbons (Fsp3) is 0.400. The first-order valence-electron chi connectivity index (χ1n) is 3.23. The predicted octanol–water partition coefficient (Wildman–Crippen LogP) is 3.66. The van der Waals surface area contributed by atoms with Gasteiger partial charge in [0.25, 0.3) is 0 Å². The number of terminal acetylenes is 1. The number of hydrogen-bond acceptors (Lipinski definition) is 0. The van der Waals surface area contributed by atoms with Gasteiger partial charge in [0.15, 0.2) is 0 Å². The van der Waals surface area contributed by atoms with Gasteiger partial charge < -0.3 is 0 Å². The third-order valence-electron chi connectivity index (χ3n) is 0. The van der Waals surface area contributed by atoms with Gasteiger partial charge in [-0.25, -0.2) is 0 Å². The zero-order chi connectivity index (χ0) is 9.41. The maximum Gasteiger partial charge on any atom is -0.0473 e. The lowest BCUT2D eigenvalue weighted by atomic mass is 10.6. The first-order chi connectivity index (χ1) is 4.83. The quantitative estimate of drug-likeness (QED) is 0.356. The summed E-state index contributed by atoms with van der Waals surface area (Å²) in [5.41, 5.74) is 0. The van der Waals surface area contributed by atoms with Crippen LogP contribution in [0.4, 0.5) is 0 Å². The molecule has 0 amide bonds. The molecule has 0 fully saturated rings. The van der Waals surface area contributed by atoms with Crippen LogP contribution in [0.5, 0.6) is 0 Å². The highest BCUT2D eigenvalue weighted by Crippen LogP contribution is 1.56. The highest BCUT2D eigenvalue weighted by Gasteiger charge is 1.35. The van der Waals surface area contributed by atoms with E-state index in [9.17, 15) is 0 Å². The summed E-state index contributed by atoms with van der Waals surface area (Å²) in [5.74, 6) is 0. The monoisotopic (exact) mass is 140 g/mol. The van der Waals surface area contributed by atoms with E-state index in [0.717, 1.165) is 0 Å². The maximum atomic E-state index is 4.00. The molecule has 0 heterocycles. The third-order valence-corrected chi connectivity index (χ3v) is 0. The van der Waals surface area contributed by atoms with Gasteiger partial charge in [0.1, 0.15) is 0 Å². The van der Waals surface area contributed by atoms with Crippen LogP contribution in [0.25, 0.3) is 0 Å². The van der Waals surface area contributed by atoms with Crippen molar-refractivity contribution in [1.82, 2.24) is 0 Å². The molecule has 0 spiro atoms. The van der Waals surface area contributed by atoms with Crippen LogP contribution in [-0.2, 0) is 0 Å². The average molecular weight is 140 g/mol. The molecule has 0 bridgehead atoms. The van der Waals surface area contributed by atoms with Crippen molar-refractivity contribution < 1.29 is 0 Å². The van der Waals surface area contributed by atoms with Crippen molar-refractivity contribution in [1.29, 1.82) is 0 Å². The molecule has 0 aliphatic rings. The van der Waals surface area contributed by atoms with Crippen LogP contribution in [0.1, 0.15) is 27.2 Å². The Balaban J connectivity index is -0.0000000246. The third kappa shape index (κ3) is 279. The summed E-state index contributed by atoms with van der Waals surface area (Å²) in [6, 6.07) is 0. The molecule has 0 atom stereocenters. The van der Waals surface area contributed by atoms with Crippen molar-refractivity contribution in [2.45, 2.75) is 27.2 Å². The molecule has 0 N–H and O–H groups in total. The average Bonchev–Trinajstić information content (AvgIpc) is 1.99. The van der Waals surface area contributed by atoms with Gasteiger partial charge in [0, 0.05) is 0 Å². The molecule has 60 valence electrons. The molecule has 0 rings (SSSR count). The van der Waals surface area contributed by atoms with Gasteiger partial charge >= 0.3 is 0 Å². The highest BCUT2D eigenvalue weighted by atomic mass is 13.4. The van der Waals surface area contributed by atoms with Crippen molar-refractivity contribution in [3.05, 3.63) is 25.8 Å². The summed E-state index contributed by atoms with van der Waals surface area (Å²) < 4.78 is 0. The van der Waals surface area contributed by atoms with Gasteiger partial charge in [-0.3, -0.25) is 0 Å². The fourth-order valence-corrected chi connectivity index (χ4v) is 0.